The number of aliphatic hydroxyl groups is 1. The topological polar surface area (TPSA) is 99.8 Å². The van der Waals surface area contributed by atoms with Crippen molar-refractivity contribution in [3.8, 4) is 0 Å². The van der Waals surface area contributed by atoms with Gasteiger partial charge in [0.1, 0.15) is 5.58 Å². The molecular formula is C15H17NO5. The number of carboxylic acids is 1. The number of carboxylic acid groups (broad SMARTS) is 1. The van der Waals surface area contributed by atoms with E-state index in [1.807, 2.05) is 19.1 Å². The molecule has 0 aliphatic carbocycles. The highest BCUT2D eigenvalue weighted by molar-refractivity contribution is 5.96. The van der Waals surface area contributed by atoms with Crippen molar-refractivity contribution in [2.45, 2.75) is 25.9 Å². The Labute approximate surface area is 121 Å². The summed E-state index contributed by atoms with van der Waals surface area (Å²) in [5.41, 5.74) is 0.145. The summed E-state index contributed by atoms with van der Waals surface area (Å²) in [6.07, 6.45) is -0.452. The first-order valence-corrected chi connectivity index (χ1v) is 6.49. The zero-order valence-electron chi connectivity index (χ0n) is 11.8. The van der Waals surface area contributed by atoms with Crippen molar-refractivity contribution in [1.29, 1.82) is 0 Å². The summed E-state index contributed by atoms with van der Waals surface area (Å²) in [6.45, 7) is 3.12. The van der Waals surface area contributed by atoms with Gasteiger partial charge in [-0.2, -0.15) is 0 Å². The maximum absolute atomic E-state index is 12.0. The third-order valence-corrected chi connectivity index (χ3v) is 3.06. The molecule has 1 aromatic carbocycles. The van der Waals surface area contributed by atoms with E-state index in [1.54, 1.807) is 12.1 Å². The number of furan rings is 1. The van der Waals surface area contributed by atoms with Crippen molar-refractivity contribution in [3.05, 3.63) is 35.6 Å². The van der Waals surface area contributed by atoms with Crippen LogP contribution in [-0.2, 0) is 4.79 Å². The number of aryl methyl sites for hydroxylation is 1. The molecule has 0 saturated carbocycles. The number of aliphatic carboxylic acids is 1. The molecule has 1 aromatic heterocycles. The van der Waals surface area contributed by atoms with Gasteiger partial charge in [0.2, 0.25) is 0 Å². The average molecular weight is 291 g/mol. The Kier molecular flexibility index (Phi) is 3.99. The molecule has 0 aliphatic rings. The van der Waals surface area contributed by atoms with E-state index in [4.69, 9.17) is 9.52 Å². The molecule has 0 radical (unpaired) electrons. The van der Waals surface area contributed by atoms with Crippen LogP contribution in [0.1, 0.15) is 29.5 Å². The van der Waals surface area contributed by atoms with Crippen LogP contribution < -0.4 is 5.32 Å². The molecule has 0 fully saturated rings. The van der Waals surface area contributed by atoms with Gasteiger partial charge in [0.25, 0.3) is 5.91 Å². The summed E-state index contributed by atoms with van der Waals surface area (Å²) in [4.78, 5) is 22.6. The summed E-state index contributed by atoms with van der Waals surface area (Å²) in [5, 5.41) is 21.8. The fourth-order valence-electron chi connectivity index (χ4n) is 2.02. The van der Waals surface area contributed by atoms with Crippen LogP contribution in [0.15, 0.2) is 28.7 Å². The molecule has 1 atom stereocenters. The molecule has 3 N–H and O–H groups in total. The quantitative estimate of drug-likeness (QED) is 0.778. The zero-order chi connectivity index (χ0) is 15.6. The number of fused-ring (bicyclic) bond motifs is 1. The number of nitrogens with one attached hydrogen (secondary N) is 1. The summed E-state index contributed by atoms with van der Waals surface area (Å²) in [6, 6.07) is 7.17. The lowest BCUT2D eigenvalue weighted by atomic mass is 10.0. The van der Waals surface area contributed by atoms with Crippen molar-refractivity contribution in [2.75, 3.05) is 6.54 Å². The maximum atomic E-state index is 12.0. The fourth-order valence-corrected chi connectivity index (χ4v) is 2.02. The molecule has 2 aromatic rings. The van der Waals surface area contributed by atoms with Gasteiger partial charge in [0, 0.05) is 11.9 Å². The van der Waals surface area contributed by atoms with Crippen molar-refractivity contribution >= 4 is 22.8 Å². The highest BCUT2D eigenvalue weighted by Crippen LogP contribution is 2.20. The monoisotopic (exact) mass is 291 g/mol. The molecule has 0 saturated heterocycles. The van der Waals surface area contributed by atoms with Crippen molar-refractivity contribution in [1.82, 2.24) is 5.32 Å². The SMILES string of the molecule is Cc1ccc2oc(C(=O)NCC(C)(O)CC(=O)O)cc2c1. The minimum absolute atomic E-state index is 0.127. The molecule has 112 valence electrons. The third-order valence-electron chi connectivity index (χ3n) is 3.06. The van der Waals surface area contributed by atoms with E-state index in [0.29, 0.717) is 5.58 Å². The lowest BCUT2D eigenvalue weighted by Crippen LogP contribution is -2.42. The Morgan fingerprint density at radius 2 is 2.05 bits per heavy atom. The van der Waals surface area contributed by atoms with Crippen molar-refractivity contribution in [3.63, 3.8) is 0 Å². The lowest BCUT2D eigenvalue weighted by molar-refractivity contribution is -0.141. The molecule has 0 bridgehead atoms. The second-order valence-electron chi connectivity index (χ2n) is 5.40. The number of hydrogen-bond acceptors (Lipinski definition) is 4. The van der Waals surface area contributed by atoms with E-state index in [2.05, 4.69) is 5.32 Å². The largest absolute Gasteiger partial charge is 0.481 e. The Bertz CT molecular complexity index is 686. The van der Waals surface area contributed by atoms with Gasteiger partial charge in [0.15, 0.2) is 5.76 Å². The van der Waals surface area contributed by atoms with Crippen LogP contribution in [0, 0.1) is 6.92 Å². The first-order chi connectivity index (χ1) is 9.77. The average Bonchev–Trinajstić information content (AvgIpc) is 2.77. The smallest absolute Gasteiger partial charge is 0.306 e. The van der Waals surface area contributed by atoms with Crippen LogP contribution in [0.4, 0.5) is 0 Å². The van der Waals surface area contributed by atoms with E-state index in [9.17, 15) is 14.7 Å². The molecule has 2 rings (SSSR count). The van der Waals surface area contributed by atoms with Gasteiger partial charge in [-0.3, -0.25) is 9.59 Å². The predicted octanol–water partition coefficient (Wildman–Crippen LogP) is 1.70. The standard InChI is InChI=1S/C15H17NO5/c1-9-3-4-11-10(5-9)6-12(21-11)14(19)16-8-15(2,20)7-13(17)18/h3-6,20H,7-8H2,1-2H3,(H,16,19)(H,17,18). The normalized spacial score (nSPS) is 13.9. The first-order valence-electron chi connectivity index (χ1n) is 6.49. The number of hydrogen-bond donors (Lipinski definition) is 3. The summed E-state index contributed by atoms with van der Waals surface area (Å²) in [5.74, 6) is -1.50. The summed E-state index contributed by atoms with van der Waals surface area (Å²) < 4.78 is 5.42. The van der Waals surface area contributed by atoms with Gasteiger partial charge in [0.05, 0.1) is 12.0 Å². The first kappa shape index (κ1) is 15.1. The zero-order valence-corrected chi connectivity index (χ0v) is 11.8. The molecular weight excluding hydrogens is 274 g/mol. The van der Waals surface area contributed by atoms with Gasteiger partial charge in [-0.15, -0.1) is 0 Å². The molecule has 21 heavy (non-hydrogen) atoms. The maximum Gasteiger partial charge on any atom is 0.306 e. The van der Waals surface area contributed by atoms with Crippen LogP contribution in [0.2, 0.25) is 0 Å². The van der Waals surface area contributed by atoms with E-state index >= 15 is 0 Å². The van der Waals surface area contributed by atoms with Crippen molar-refractivity contribution < 1.29 is 24.2 Å². The van der Waals surface area contributed by atoms with Crippen LogP contribution >= 0.6 is 0 Å². The van der Waals surface area contributed by atoms with Gasteiger partial charge in [-0.05, 0) is 32.0 Å². The molecule has 6 heteroatoms. The number of carbonyl (C=O) groups is 2. The second kappa shape index (κ2) is 5.57. The fraction of sp³-hybridized carbons (Fsp3) is 0.333. The Morgan fingerprint density at radius 1 is 1.33 bits per heavy atom. The Hall–Kier alpha value is -2.34. The third kappa shape index (κ3) is 3.82. The summed E-state index contributed by atoms with van der Waals surface area (Å²) >= 11 is 0. The van der Waals surface area contributed by atoms with E-state index in [1.165, 1.54) is 6.92 Å². The van der Waals surface area contributed by atoms with Gasteiger partial charge < -0.3 is 19.9 Å². The molecule has 1 heterocycles. The molecule has 0 aliphatic heterocycles. The van der Waals surface area contributed by atoms with E-state index in [-0.39, 0.29) is 12.3 Å². The second-order valence-corrected chi connectivity index (χ2v) is 5.40. The van der Waals surface area contributed by atoms with Gasteiger partial charge >= 0.3 is 5.97 Å². The number of amides is 1. The molecule has 1 amide bonds. The van der Waals surface area contributed by atoms with Gasteiger partial charge in [-0.25, -0.2) is 0 Å². The van der Waals surface area contributed by atoms with E-state index < -0.39 is 23.9 Å². The van der Waals surface area contributed by atoms with Crippen LogP contribution in [0.5, 0.6) is 0 Å². The van der Waals surface area contributed by atoms with Gasteiger partial charge in [-0.1, -0.05) is 11.6 Å². The summed E-state index contributed by atoms with van der Waals surface area (Å²) in [7, 11) is 0. The van der Waals surface area contributed by atoms with Crippen LogP contribution in [-0.4, -0.2) is 34.2 Å². The Morgan fingerprint density at radius 3 is 2.71 bits per heavy atom. The highest BCUT2D eigenvalue weighted by atomic mass is 16.4. The van der Waals surface area contributed by atoms with Crippen molar-refractivity contribution in [2.24, 2.45) is 0 Å². The molecule has 0 spiro atoms. The molecule has 1 unspecified atom stereocenters. The lowest BCUT2D eigenvalue weighted by Gasteiger charge is -2.20. The minimum atomic E-state index is -1.51. The molecule has 6 nitrogen and oxygen atoms in total. The van der Waals surface area contributed by atoms with Crippen LogP contribution in [0.3, 0.4) is 0 Å². The highest BCUT2D eigenvalue weighted by Gasteiger charge is 2.25. The van der Waals surface area contributed by atoms with E-state index in [0.717, 1.165) is 10.9 Å². The number of benzene rings is 1. The van der Waals surface area contributed by atoms with Crippen LogP contribution in [0.25, 0.3) is 11.0 Å². The number of rotatable bonds is 5. The predicted molar refractivity (Wildman–Crippen MR) is 76.2 cm³/mol. The Balaban J connectivity index is 2.07. The minimum Gasteiger partial charge on any atom is -0.481 e. The number of carbonyl (C=O) groups excluding carboxylic acids is 1.